The molecule has 0 saturated heterocycles. The number of hydrogen-bond donors (Lipinski definition) is 0. The van der Waals surface area contributed by atoms with E-state index in [1.807, 2.05) is 24.1 Å². The van der Waals surface area contributed by atoms with Gasteiger partial charge in [-0.15, -0.1) is 0 Å². The predicted molar refractivity (Wildman–Crippen MR) is 82.3 cm³/mol. The van der Waals surface area contributed by atoms with Crippen LogP contribution < -0.4 is 4.90 Å². The maximum atomic E-state index is 11.5. The number of aromatic nitrogens is 1. The van der Waals surface area contributed by atoms with Crippen LogP contribution in [0.15, 0.2) is 24.3 Å². The van der Waals surface area contributed by atoms with Gasteiger partial charge in [-0.3, -0.25) is 0 Å². The fraction of sp³-hybridized carbons (Fsp3) is 0.286. The molecule has 6 heteroatoms. The highest BCUT2D eigenvalue weighted by molar-refractivity contribution is 7.18. The number of thiazole rings is 1. The van der Waals surface area contributed by atoms with E-state index in [-0.39, 0.29) is 5.15 Å². The molecule has 0 radical (unpaired) electrons. The molecule has 2 aromatic rings. The first-order valence-corrected chi connectivity index (χ1v) is 7.33. The summed E-state index contributed by atoms with van der Waals surface area (Å²) in [5.41, 5.74) is 2.26. The fourth-order valence-corrected chi connectivity index (χ4v) is 2.90. The summed E-state index contributed by atoms with van der Waals surface area (Å²) >= 11 is 7.18. The number of halogens is 1. The molecule has 0 fully saturated rings. The number of ether oxygens (including phenoxy) is 1. The maximum absolute atomic E-state index is 11.5. The van der Waals surface area contributed by atoms with Crippen LogP contribution in [0.3, 0.4) is 0 Å². The normalized spacial score (nSPS) is 10.4. The third kappa shape index (κ3) is 2.94. The molecule has 0 unspecified atom stereocenters. The number of anilines is 2. The lowest BCUT2D eigenvalue weighted by Crippen LogP contribution is -2.08. The lowest BCUT2D eigenvalue weighted by atomic mass is 10.1. The summed E-state index contributed by atoms with van der Waals surface area (Å²) in [5.74, 6) is -0.464. The number of carbonyl (C=O) groups excluding carboxylic acids is 1. The van der Waals surface area contributed by atoms with E-state index >= 15 is 0 Å². The number of rotatable bonds is 4. The number of esters is 1. The van der Waals surface area contributed by atoms with Gasteiger partial charge in [-0.25, -0.2) is 9.78 Å². The Morgan fingerprint density at radius 3 is 2.60 bits per heavy atom. The van der Waals surface area contributed by atoms with Crippen molar-refractivity contribution in [2.75, 3.05) is 19.1 Å². The number of benzene rings is 1. The molecule has 0 amide bonds. The molecule has 0 aliphatic heterocycles. The van der Waals surface area contributed by atoms with Crippen LogP contribution in [0, 0.1) is 0 Å². The molecular formula is C14H15ClN2O2S. The van der Waals surface area contributed by atoms with E-state index in [1.54, 1.807) is 0 Å². The molecule has 0 N–H and O–H groups in total. The second-order valence-electron chi connectivity index (χ2n) is 4.19. The minimum atomic E-state index is -0.464. The van der Waals surface area contributed by atoms with Crippen LogP contribution in [0.4, 0.5) is 10.8 Å². The Morgan fingerprint density at radius 2 is 2.05 bits per heavy atom. The standard InChI is InChI=1S/C14H15ClN2O2S/c1-4-9-5-7-10(8-6-9)17(2)14-16-12(15)11(20-14)13(18)19-3/h5-8H,4H2,1-3H3. The predicted octanol–water partition coefficient (Wildman–Crippen LogP) is 3.91. The number of nitrogens with zero attached hydrogens (tertiary/aromatic N) is 2. The van der Waals surface area contributed by atoms with Crippen molar-refractivity contribution < 1.29 is 9.53 Å². The average Bonchev–Trinajstić information content (AvgIpc) is 2.87. The van der Waals surface area contributed by atoms with Crippen molar-refractivity contribution in [1.29, 1.82) is 0 Å². The van der Waals surface area contributed by atoms with Crippen molar-refractivity contribution >= 4 is 39.7 Å². The third-order valence-electron chi connectivity index (χ3n) is 2.96. The zero-order chi connectivity index (χ0) is 14.7. The van der Waals surface area contributed by atoms with Crippen molar-refractivity contribution in [3.05, 3.63) is 39.9 Å². The number of aryl methyl sites for hydroxylation is 1. The lowest BCUT2D eigenvalue weighted by Gasteiger charge is -2.15. The summed E-state index contributed by atoms with van der Waals surface area (Å²) in [6, 6.07) is 8.18. The van der Waals surface area contributed by atoms with E-state index in [2.05, 4.69) is 28.8 Å². The van der Waals surface area contributed by atoms with E-state index in [4.69, 9.17) is 11.6 Å². The van der Waals surface area contributed by atoms with Gasteiger partial charge in [0, 0.05) is 12.7 Å². The summed E-state index contributed by atoms with van der Waals surface area (Å²) in [7, 11) is 3.21. The van der Waals surface area contributed by atoms with Crippen LogP contribution >= 0.6 is 22.9 Å². The molecule has 0 aliphatic rings. The minimum absolute atomic E-state index is 0.175. The molecular weight excluding hydrogens is 296 g/mol. The second-order valence-corrected chi connectivity index (χ2v) is 5.52. The van der Waals surface area contributed by atoms with Crippen molar-refractivity contribution in [1.82, 2.24) is 4.98 Å². The largest absolute Gasteiger partial charge is 0.465 e. The lowest BCUT2D eigenvalue weighted by molar-refractivity contribution is 0.0606. The third-order valence-corrected chi connectivity index (χ3v) is 4.46. The Labute approximate surface area is 127 Å². The first-order chi connectivity index (χ1) is 9.56. The highest BCUT2D eigenvalue weighted by Gasteiger charge is 2.19. The maximum Gasteiger partial charge on any atom is 0.351 e. The summed E-state index contributed by atoms with van der Waals surface area (Å²) in [6.45, 7) is 2.11. The number of carbonyl (C=O) groups is 1. The Morgan fingerprint density at radius 1 is 1.40 bits per heavy atom. The minimum Gasteiger partial charge on any atom is -0.465 e. The Bertz CT molecular complexity index is 610. The highest BCUT2D eigenvalue weighted by atomic mass is 35.5. The van der Waals surface area contributed by atoms with Gasteiger partial charge in [0.05, 0.1) is 7.11 Å². The molecule has 1 heterocycles. The molecule has 0 spiro atoms. The second kappa shape index (κ2) is 6.24. The Balaban J connectivity index is 2.28. The molecule has 0 saturated carbocycles. The van der Waals surface area contributed by atoms with Gasteiger partial charge < -0.3 is 9.64 Å². The van der Waals surface area contributed by atoms with Gasteiger partial charge >= 0.3 is 5.97 Å². The topological polar surface area (TPSA) is 42.4 Å². The summed E-state index contributed by atoms with van der Waals surface area (Å²) in [4.78, 5) is 18.0. The quantitative estimate of drug-likeness (QED) is 0.803. The fourth-order valence-electron chi connectivity index (χ4n) is 1.72. The van der Waals surface area contributed by atoms with E-state index in [9.17, 15) is 4.79 Å². The van der Waals surface area contributed by atoms with Crippen LogP contribution in [-0.4, -0.2) is 25.1 Å². The molecule has 0 aliphatic carbocycles. The first kappa shape index (κ1) is 14.8. The van der Waals surface area contributed by atoms with E-state index in [0.29, 0.717) is 10.0 Å². The monoisotopic (exact) mass is 310 g/mol. The molecule has 1 aromatic carbocycles. The van der Waals surface area contributed by atoms with Crippen molar-refractivity contribution in [2.45, 2.75) is 13.3 Å². The smallest absolute Gasteiger partial charge is 0.351 e. The van der Waals surface area contributed by atoms with Gasteiger partial charge in [-0.2, -0.15) is 0 Å². The Kier molecular flexibility index (Phi) is 4.62. The molecule has 106 valence electrons. The first-order valence-electron chi connectivity index (χ1n) is 6.14. The molecule has 1 aromatic heterocycles. The SMILES string of the molecule is CCc1ccc(N(C)c2nc(Cl)c(C(=O)OC)s2)cc1. The van der Waals surface area contributed by atoms with E-state index in [0.717, 1.165) is 12.1 Å². The van der Waals surface area contributed by atoms with Crippen LogP contribution in [0.1, 0.15) is 22.2 Å². The Hall–Kier alpha value is -1.59. The van der Waals surface area contributed by atoms with Crippen molar-refractivity contribution in [3.8, 4) is 0 Å². The zero-order valence-electron chi connectivity index (χ0n) is 11.5. The van der Waals surface area contributed by atoms with Crippen LogP contribution in [0.2, 0.25) is 5.15 Å². The number of methoxy groups -OCH3 is 1. The number of hydrogen-bond acceptors (Lipinski definition) is 5. The van der Waals surface area contributed by atoms with E-state index < -0.39 is 5.97 Å². The van der Waals surface area contributed by atoms with Gasteiger partial charge in [0.15, 0.2) is 15.2 Å². The molecule has 4 nitrogen and oxygen atoms in total. The molecule has 2 rings (SSSR count). The van der Waals surface area contributed by atoms with Gasteiger partial charge in [0.2, 0.25) is 0 Å². The van der Waals surface area contributed by atoms with Gasteiger partial charge in [0.1, 0.15) is 0 Å². The summed E-state index contributed by atoms with van der Waals surface area (Å²) in [6.07, 6.45) is 1.000. The summed E-state index contributed by atoms with van der Waals surface area (Å²) < 4.78 is 4.67. The van der Waals surface area contributed by atoms with Crippen LogP contribution in [0.5, 0.6) is 0 Å². The molecule has 20 heavy (non-hydrogen) atoms. The van der Waals surface area contributed by atoms with Gasteiger partial charge in [-0.05, 0) is 24.1 Å². The summed E-state index contributed by atoms with van der Waals surface area (Å²) in [5, 5.41) is 0.827. The van der Waals surface area contributed by atoms with Crippen LogP contribution in [0.25, 0.3) is 0 Å². The average molecular weight is 311 g/mol. The van der Waals surface area contributed by atoms with Crippen molar-refractivity contribution in [2.24, 2.45) is 0 Å². The van der Waals surface area contributed by atoms with Crippen LogP contribution in [-0.2, 0) is 11.2 Å². The van der Waals surface area contributed by atoms with Gasteiger partial charge in [0.25, 0.3) is 0 Å². The van der Waals surface area contributed by atoms with Crippen molar-refractivity contribution in [3.63, 3.8) is 0 Å². The highest BCUT2D eigenvalue weighted by Crippen LogP contribution is 2.33. The van der Waals surface area contributed by atoms with Gasteiger partial charge in [-0.1, -0.05) is 42.0 Å². The zero-order valence-corrected chi connectivity index (χ0v) is 13.1. The molecule has 0 atom stereocenters. The molecule has 0 bridgehead atoms. The van der Waals surface area contributed by atoms with E-state index in [1.165, 1.54) is 24.0 Å².